The Labute approximate surface area is 95.3 Å². The highest BCUT2D eigenvalue weighted by atomic mass is 32.2. The van der Waals surface area contributed by atoms with Crippen LogP contribution in [-0.2, 0) is 10.0 Å². The predicted octanol–water partition coefficient (Wildman–Crippen LogP) is -1.28. The van der Waals surface area contributed by atoms with E-state index in [1.807, 2.05) is 12.1 Å². The number of nitrogens with zero attached hydrogens (tertiary/aromatic N) is 1. The maximum atomic E-state index is 11.4. The zero-order chi connectivity index (χ0) is 11.6. The first-order valence-electron chi connectivity index (χ1n) is 5.27. The molecule has 0 spiro atoms. The van der Waals surface area contributed by atoms with Gasteiger partial charge in [-0.2, -0.15) is 0 Å². The zero-order valence-corrected chi connectivity index (χ0v) is 9.78. The molecule has 16 heavy (non-hydrogen) atoms. The first kappa shape index (κ1) is 11.4. The number of piperazine rings is 1. The molecule has 0 atom stereocenters. The van der Waals surface area contributed by atoms with Crippen molar-refractivity contribution in [1.82, 2.24) is 0 Å². The summed E-state index contributed by atoms with van der Waals surface area (Å²) in [6.07, 6.45) is 0. The fourth-order valence-corrected chi connectivity index (χ4v) is 2.71. The molecule has 1 aromatic carbocycles. The van der Waals surface area contributed by atoms with Crippen molar-refractivity contribution in [3.05, 3.63) is 24.3 Å². The summed E-state index contributed by atoms with van der Waals surface area (Å²) in [6.45, 7) is 3.68. The van der Waals surface area contributed by atoms with Crippen LogP contribution in [0.25, 0.3) is 0 Å². The van der Waals surface area contributed by atoms with E-state index in [1.54, 1.807) is 12.1 Å². The van der Waals surface area contributed by atoms with Crippen LogP contribution in [0, 0.1) is 0 Å². The zero-order valence-electron chi connectivity index (χ0n) is 8.96. The number of rotatable bonds is 2. The topological polar surface area (TPSA) is 80.0 Å². The van der Waals surface area contributed by atoms with E-state index in [2.05, 4.69) is 10.2 Å². The monoisotopic (exact) mass is 242 g/mol. The third-order valence-corrected chi connectivity index (χ3v) is 3.68. The molecule has 0 aromatic heterocycles. The Balaban J connectivity index is 2.40. The minimum atomic E-state index is -3.63. The second kappa shape index (κ2) is 4.40. The average molecular weight is 242 g/mol. The van der Waals surface area contributed by atoms with Gasteiger partial charge in [-0.25, -0.2) is 13.6 Å². The van der Waals surface area contributed by atoms with Gasteiger partial charge in [0.25, 0.3) is 0 Å². The number of hydrogen-bond acceptors (Lipinski definition) is 3. The predicted molar refractivity (Wildman–Crippen MR) is 61.7 cm³/mol. The van der Waals surface area contributed by atoms with Crippen LogP contribution in [0.5, 0.6) is 0 Å². The molecule has 1 heterocycles. The van der Waals surface area contributed by atoms with Crippen molar-refractivity contribution in [2.75, 3.05) is 31.1 Å². The molecule has 0 bridgehead atoms. The van der Waals surface area contributed by atoms with Crippen LogP contribution in [0.3, 0.4) is 0 Å². The lowest BCUT2D eigenvalue weighted by Crippen LogP contribution is -2.89. The van der Waals surface area contributed by atoms with Crippen molar-refractivity contribution in [2.45, 2.75) is 4.90 Å². The Hall–Kier alpha value is -1.11. The lowest BCUT2D eigenvalue weighted by molar-refractivity contribution is -0.655. The van der Waals surface area contributed by atoms with Crippen LogP contribution in [0.4, 0.5) is 5.69 Å². The van der Waals surface area contributed by atoms with E-state index in [-0.39, 0.29) is 4.90 Å². The summed E-state index contributed by atoms with van der Waals surface area (Å²) in [5.74, 6) is 0. The number of benzene rings is 1. The Bertz CT molecular complexity index is 467. The molecule has 1 saturated heterocycles. The number of hydrogen-bond donors (Lipinski definition) is 2. The molecule has 0 radical (unpaired) electrons. The largest absolute Gasteiger partial charge is 0.359 e. The molecule has 5 nitrogen and oxygen atoms in total. The number of sulfonamides is 1. The normalized spacial score (nSPS) is 17.4. The summed E-state index contributed by atoms with van der Waals surface area (Å²) < 4.78 is 22.9. The third-order valence-electron chi connectivity index (χ3n) is 2.72. The minimum absolute atomic E-state index is 0.219. The van der Waals surface area contributed by atoms with E-state index in [0.29, 0.717) is 0 Å². The lowest BCUT2D eigenvalue weighted by atomic mass is 10.2. The summed E-state index contributed by atoms with van der Waals surface area (Å²) in [5, 5.41) is 7.42. The van der Waals surface area contributed by atoms with Gasteiger partial charge in [-0.15, -0.1) is 0 Å². The Morgan fingerprint density at radius 2 is 1.81 bits per heavy atom. The minimum Gasteiger partial charge on any atom is -0.359 e. The summed E-state index contributed by atoms with van der Waals surface area (Å²) in [6, 6.07) is 6.90. The molecule has 2 rings (SSSR count). The first-order valence-corrected chi connectivity index (χ1v) is 6.82. The van der Waals surface area contributed by atoms with Crippen LogP contribution >= 0.6 is 0 Å². The highest BCUT2D eigenvalue weighted by Crippen LogP contribution is 2.23. The lowest BCUT2D eigenvalue weighted by Gasteiger charge is -2.28. The molecular formula is C10H16N3O2S+. The second-order valence-corrected chi connectivity index (χ2v) is 5.40. The van der Waals surface area contributed by atoms with Crippen LogP contribution in [0.2, 0.25) is 0 Å². The Morgan fingerprint density at radius 3 is 2.44 bits per heavy atom. The molecule has 0 saturated carbocycles. The van der Waals surface area contributed by atoms with Crippen LogP contribution in [0.15, 0.2) is 29.2 Å². The van der Waals surface area contributed by atoms with Gasteiger partial charge in [-0.05, 0) is 12.1 Å². The van der Waals surface area contributed by atoms with Crippen molar-refractivity contribution < 1.29 is 13.7 Å². The first-order chi connectivity index (χ1) is 7.59. The van der Waals surface area contributed by atoms with E-state index < -0.39 is 10.0 Å². The van der Waals surface area contributed by atoms with E-state index in [0.717, 1.165) is 31.9 Å². The van der Waals surface area contributed by atoms with E-state index >= 15 is 0 Å². The molecule has 88 valence electrons. The molecule has 6 heteroatoms. The van der Waals surface area contributed by atoms with Gasteiger partial charge in [0.05, 0.1) is 31.9 Å². The van der Waals surface area contributed by atoms with Crippen molar-refractivity contribution in [1.29, 1.82) is 0 Å². The molecule has 4 N–H and O–H groups in total. The molecule has 0 amide bonds. The van der Waals surface area contributed by atoms with E-state index in [9.17, 15) is 8.42 Å². The standard InChI is InChI=1S/C10H15N3O2S/c11-16(14,15)10-4-2-1-3-9(10)13-7-5-12-6-8-13/h1-4,12H,5-8H2,(H2,11,14,15)/p+1. The van der Waals surface area contributed by atoms with Gasteiger partial charge in [0.2, 0.25) is 10.0 Å². The SMILES string of the molecule is NS(=O)(=O)c1ccccc1N1CC[NH2+]CC1. The third kappa shape index (κ3) is 2.34. The van der Waals surface area contributed by atoms with Gasteiger partial charge < -0.3 is 10.2 Å². The summed E-state index contributed by atoms with van der Waals surface area (Å²) in [7, 11) is -3.63. The van der Waals surface area contributed by atoms with Gasteiger partial charge in [-0.1, -0.05) is 12.1 Å². The number of nitrogens with two attached hydrogens (primary N) is 2. The second-order valence-electron chi connectivity index (χ2n) is 3.87. The number of primary sulfonamides is 1. The maximum Gasteiger partial charge on any atom is 0.240 e. The molecule has 1 aliphatic heterocycles. The molecule has 1 aromatic rings. The molecular weight excluding hydrogens is 226 g/mol. The van der Waals surface area contributed by atoms with Crippen LogP contribution < -0.4 is 15.4 Å². The van der Waals surface area contributed by atoms with Crippen molar-refractivity contribution in [2.24, 2.45) is 5.14 Å². The van der Waals surface area contributed by atoms with Gasteiger partial charge in [0.1, 0.15) is 4.90 Å². The van der Waals surface area contributed by atoms with Crippen molar-refractivity contribution in [3.63, 3.8) is 0 Å². The van der Waals surface area contributed by atoms with E-state index in [4.69, 9.17) is 5.14 Å². The molecule has 1 fully saturated rings. The Morgan fingerprint density at radius 1 is 1.19 bits per heavy atom. The smallest absolute Gasteiger partial charge is 0.240 e. The number of para-hydroxylation sites is 1. The van der Waals surface area contributed by atoms with Gasteiger partial charge >= 0.3 is 0 Å². The van der Waals surface area contributed by atoms with Crippen molar-refractivity contribution in [3.8, 4) is 0 Å². The van der Waals surface area contributed by atoms with Gasteiger partial charge in [-0.3, -0.25) is 0 Å². The summed E-state index contributed by atoms with van der Waals surface area (Å²) in [5.41, 5.74) is 0.720. The van der Waals surface area contributed by atoms with Crippen LogP contribution in [-0.4, -0.2) is 34.6 Å². The maximum absolute atomic E-state index is 11.4. The molecule has 0 unspecified atom stereocenters. The van der Waals surface area contributed by atoms with Crippen LogP contribution in [0.1, 0.15) is 0 Å². The summed E-state index contributed by atoms with van der Waals surface area (Å²) in [4.78, 5) is 2.29. The number of quaternary nitrogens is 1. The molecule has 1 aliphatic rings. The van der Waals surface area contributed by atoms with Gasteiger partial charge in [0.15, 0.2) is 0 Å². The fraction of sp³-hybridized carbons (Fsp3) is 0.400. The highest BCUT2D eigenvalue weighted by Gasteiger charge is 2.20. The number of anilines is 1. The highest BCUT2D eigenvalue weighted by molar-refractivity contribution is 7.89. The van der Waals surface area contributed by atoms with Crippen molar-refractivity contribution >= 4 is 15.7 Å². The Kier molecular flexibility index (Phi) is 3.13. The fourth-order valence-electron chi connectivity index (χ4n) is 1.95. The quantitative estimate of drug-likeness (QED) is 0.678. The molecule has 0 aliphatic carbocycles. The van der Waals surface area contributed by atoms with E-state index in [1.165, 1.54) is 0 Å². The van der Waals surface area contributed by atoms with Gasteiger partial charge in [0, 0.05) is 0 Å². The summed E-state index contributed by atoms with van der Waals surface area (Å²) >= 11 is 0. The average Bonchev–Trinajstić information content (AvgIpc) is 2.29.